The zero-order chi connectivity index (χ0) is 14.9. The highest BCUT2D eigenvalue weighted by Gasteiger charge is 2.30. The van der Waals surface area contributed by atoms with Crippen molar-refractivity contribution in [2.75, 3.05) is 6.61 Å². The molecule has 0 N–H and O–H groups in total. The van der Waals surface area contributed by atoms with Crippen molar-refractivity contribution in [3.05, 3.63) is 23.0 Å². The van der Waals surface area contributed by atoms with Crippen molar-refractivity contribution < 1.29 is 19.1 Å². The molecule has 0 unspecified atom stereocenters. The Labute approximate surface area is 118 Å². The highest BCUT2D eigenvalue weighted by Crippen LogP contribution is 2.28. The molecule has 1 aliphatic carbocycles. The maximum Gasteiger partial charge on any atom is 0.419 e. The lowest BCUT2D eigenvalue weighted by molar-refractivity contribution is 0.0448. The van der Waals surface area contributed by atoms with E-state index in [1.807, 2.05) is 0 Å². The lowest BCUT2D eigenvalue weighted by Gasteiger charge is -2.20. The number of hydrogen-bond acceptors (Lipinski definition) is 4. The van der Waals surface area contributed by atoms with Crippen molar-refractivity contribution in [1.29, 1.82) is 0 Å². The molecule has 1 aromatic rings. The van der Waals surface area contributed by atoms with Gasteiger partial charge in [0.2, 0.25) is 0 Å². The summed E-state index contributed by atoms with van der Waals surface area (Å²) in [6, 6.07) is 0. The van der Waals surface area contributed by atoms with E-state index >= 15 is 0 Å². The molecule has 0 saturated carbocycles. The lowest BCUT2D eigenvalue weighted by Crippen LogP contribution is -2.29. The van der Waals surface area contributed by atoms with Crippen molar-refractivity contribution in [3.8, 4) is 0 Å². The fourth-order valence-corrected chi connectivity index (χ4v) is 2.42. The Morgan fingerprint density at radius 2 is 2.00 bits per heavy atom. The first-order chi connectivity index (χ1) is 9.33. The van der Waals surface area contributed by atoms with Gasteiger partial charge in [-0.25, -0.2) is 14.2 Å². The Bertz CT molecular complexity index is 537. The van der Waals surface area contributed by atoms with E-state index in [4.69, 9.17) is 9.47 Å². The molecule has 0 amide bonds. The predicted molar refractivity (Wildman–Crippen MR) is 74.0 cm³/mol. The van der Waals surface area contributed by atoms with Gasteiger partial charge in [0, 0.05) is 6.20 Å². The molecule has 1 heterocycles. The molecule has 0 fully saturated rings. The van der Waals surface area contributed by atoms with E-state index in [1.54, 1.807) is 33.9 Å². The van der Waals surface area contributed by atoms with Crippen LogP contribution in [0.5, 0.6) is 0 Å². The monoisotopic (exact) mass is 279 g/mol. The maximum atomic E-state index is 12.2. The molecule has 110 valence electrons. The van der Waals surface area contributed by atoms with Crippen molar-refractivity contribution >= 4 is 12.1 Å². The zero-order valence-electron chi connectivity index (χ0n) is 12.5. The van der Waals surface area contributed by atoms with E-state index in [2.05, 4.69) is 0 Å². The van der Waals surface area contributed by atoms with Crippen LogP contribution in [-0.4, -0.2) is 28.8 Å². The topological polar surface area (TPSA) is 57.5 Å². The van der Waals surface area contributed by atoms with Gasteiger partial charge >= 0.3 is 12.1 Å². The molecular formula is C15H21NO4. The van der Waals surface area contributed by atoms with Gasteiger partial charge in [-0.1, -0.05) is 0 Å². The van der Waals surface area contributed by atoms with E-state index in [0.29, 0.717) is 5.69 Å². The minimum absolute atomic E-state index is 0.285. The van der Waals surface area contributed by atoms with Crippen LogP contribution < -0.4 is 0 Å². The van der Waals surface area contributed by atoms with Crippen LogP contribution in [-0.2, 0) is 22.3 Å². The molecule has 1 aliphatic rings. The van der Waals surface area contributed by atoms with E-state index in [0.717, 1.165) is 30.4 Å². The number of fused-ring (bicyclic) bond motifs is 1. The number of aromatic nitrogens is 1. The number of rotatable bonds is 2. The second kappa shape index (κ2) is 5.31. The van der Waals surface area contributed by atoms with Gasteiger partial charge in [-0.05, 0) is 58.1 Å². The molecule has 0 radical (unpaired) electrons. The van der Waals surface area contributed by atoms with Crippen LogP contribution in [0.25, 0.3) is 0 Å². The van der Waals surface area contributed by atoms with Gasteiger partial charge in [0.1, 0.15) is 11.3 Å². The van der Waals surface area contributed by atoms with Gasteiger partial charge in [0.15, 0.2) is 0 Å². The Morgan fingerprint density at radius 1 is 1.30 bits per heavy atom. The smallest absolute Gasteiger partial charge is 0.419 e. The summed E-state index contributed by atoms with van der Waals surface area (Å²) in [5.74, 6) is -0.457. The van der Waals surface area contributed by atoms with E-state index < -0.39 is 17.7 Å². The quantitative estimate of drug-likeness (QED) is 0.781. The van der Waals surface area contributed by atoms with Gasteiger partial charge in [0.25, 0.3) is 0 Å². The molecule has 0 aliphatic heterocycles. The predicted octanol–water partition coefficient (Wildman–Crippen LogP) is 2.94. The first kappa shape index (κ1) is 14.6. The minimum atomic E-state index is -0.599. The van der Waals surface area contributed by atoms with Gasteiger partial charge in [-0.15, -0.1) is 0 Å². The number of aryl methyl sites for hydroxylation is 1. The molecule has 0 atom stereocenters. The Hall–Kier alpha value is -1.78. The van der Waals surface area contributed by atoms with Crippen LogP contribution in [0.1, 0.15) is 55.7 Å². The average Bonchev–Trinajstić information content (AvgIpc) is 2.85. The summed E-state index contributed by atoms with van der Waals surface area (Å²) in [6.45, 7) is 7.43. The molecular weight excluding hydrogens is 258 g/mol. The Balaban J connectivity index is 2.38. The van der Waals surface area contributed by atoms with Gasteiger partial charge in [-0.3, -0.25) is 0 Å². The summed E-state index contributed by atoms with van der Waals surface area (Å²) in [5, 5.41) is 0. The fourth-order valence-electron chi connectivity index (χ4n) is 2.42. The average molecular weight is 279 g/mol. The highest BCUT2D eigenvalue weighted by molar-refractivity contribution is 5.94. The molecule has 20 heavy (non-hydrogen) atoms. The summed E-state index contributed by atoms with van der Waals surface area (Å²) in [7, 11) is 0. The molecule has 1 aromatic heterocycles. The summed E-state index contributed by atoms with van der Waals surface area (Å²) in [4.78, 5) is 24.3. The van der Waals surface area contributed by atoms with Crippen LogP contribution in [0.4, 0.5) is 4.79 Å². The second-order valence-electron chi connectivity index (χ2n) is 5.91. The molecule has 0 spiro atoms. The minimum Gasteiger partial charge on any atom is -0.461 e. The molecule has 5 nitrogen and oxygen atoms in total. The third kappa shape index (κ3) is 2.86. The van der Waals surface area contributed by atoms with Crippen molar-refractivity contribution in [2.24, 2.45) is 0 Å². The second-order valence-corrected chi connectivity index (χ2v) is 5.91. The van der Waals surface area contributed by atoms with Crippen LogP contribution in [0.2, 0.25) is 0 Å². The summed E-state index contributed by atoms with van der Waals surface area (Å²) in [6.07, 6.45) is 3.88. The Morgan fingerprint density at radius 3 is 2.60 bits per heavy atom. The number of ether oxygens (including phenoxy) is 2. The first-order valence-corrected chi connectivity index (χ1v) is 6.97. The van der Waals surface area contributed by atoms with Gasteiger partial charge in [-0.2, -0.15) is 0 Å². The number of hydrogen-bond donors (Lipinski definition) is 0. The number of carbonyl (C=O) groups is 2. The standard InChI is InChI=1S/C15H21NO4/c1-5-19-13(17)12-11-8-6-7-10(11)9-16(12)14(18)20-15(2,3)4/h9H,5-8H2,1-4H3. The fraction of sp³-hybridized carbons (Fsp3) is 0.600. The van der Waals surface area contributed by atoms with E-state index in [9.17, 15) is 9.59 Å². The highest BCUT2D eigenvalue weighted by atomic mass is 16.6. The molecule has 5 heteroatoms. The van der Waals surface area contributed by atoms with E-state index in [-0.39, 0.29) is 6.61 Å². The van der Waals surface area contributed by atoms with Crippen molar-refractivity contribution in [3.63, 3.8) is 0 Å². The normalized spacial score (nSPS) is 14.0. The van der Waals surface area contributed by atoms with E-state index in [1.165, 1.54) is 4.57 Å². The number of nitrogens with zero attached hydrogens (tertiary/aromatic N) is 1. The van der Waals surface area contributed by atoms with Crippen LogP contribution >= 0.6 is 0 Å². The van der Waals surface area contributed by atoms with Crippen molar-refractivity contribution in [2.45, 2.75) is 52.6 Å². The van der Waals surface area contributed by atoms with Crippen LogP contribution in [0.3, 0.4) is 0 Å². The summed E-state index contributed by atoms with van der Waals surface area (Å²) < 4.78 is 11.7. The number of esters is 1. The lowest BCUT2D eigenvalue weighted by atomic mass is 10.2. The maximum absolute atomic E-state index is 12.2. The number of carbonyl (C=O) groups excluding carboxylic acids is 2. The summed E-state index contributed by atoms with van der Waals surface area (Å²) in [5.41, 5.74) is 1.69. The van der Waals surface area contributed by atoms with Crippen molar-refractivity contribution in [1.82, 2.24) is 4.57 Å². The Kier molecular flexibility index (Phi) is 3.88. The van der Waals surface area contributed by atoms with Gasteiger partial charge < -0.3 is 9.47 Å². The van der Waals surface area contributed by atoms with Gasteiger partial charge in [0.05, 0.1) is 6.61 Å². The third-order valence-corrected chi connectivity index (χ3v) is 3.13. The molecule has 2 rings (SSSR count). The third-order valence-electron chi connectivity index (χ3n) is 3.13. The molecule has 0 saturated heterocycles. The summed E-state index contributed by atoms with van der Waals surface area (Å²) >= 11 is 0. The largest absolute Gasteiger partial charge is 0.461 e. The zero-order valence-corrected chi connectivity index (χ0v) is 12.5. The van der Waals surface area contributed by atoms with Crippen LogP contribution in [0.15, 0.2) is 6.20 Å². The van der Waals surface area contributed by atoms with Crippen LogP contribution in [0, 0.1) is 0 Å². The SMILES string of the molecule is CCOC(=O)c1c2c(cn1C(=O)OC(C)(C)C)CCC2. The molecule has 0 aromatic carbocycles. The molecule has 0 bridgehead atoms. The first-order valence-electron chi connectivity index (χ1n) is 6.97.